The Balaban J connectivity index is 2.83. The van der Waals surface area contributed by atoms with Crippen LogP contribution >= 0.6 is 7.53 Å². The Labute approximate surface area is 51.2 Å². The van der Waals surface area contributed by atoms with Gasteiger partial charge in [-0.3, -0.25) is 0 Å². The zero-order chi connectivity index (χ0) is 5.82. The lowest BCUT2D eigenvalue weighted by Crippen LogP contribution is -1.53. The van der Waals surface area contributed by atoms with Crippen molar-refractivity contribution in [2.75, 3.05) is 0 Å². The van der Waals surface area contributed by atoms with Crippen LogP contribution in [0.1, 0.15) is 6.92 Å². The third-order valence-electron chi connectivity index (χ3n) is 1.04. The van der Waals surface area contributed by atoms with Crippen molar-refractivity contribution in [1.82, 2.24) is 0 Å². The maximum atomic E-state index is 2.23. The molecule has 0 aromatic carbocycles. The van der Waals surface area contributed by atoms with Crippen molar-refractivity contribution in [2.24, 2.45) is 0 Å². The summed E-state index contributed by atoms with van der Waals surface area (Å²) in [6, 6.07) is 6.26. The summed E-state index contributed by atoms with van der Waals surface area (Å²) in [7, 11) is 0.0131. The Morgan fingerprint density at radius 1 is 1.12 bits per heavy atom. The van der Waals surface area contributed by atoms with Crippen molar-refractivity contribution < 1.29 is 0 Å². The Morgan fingerprint density at radius 2 is 1.75 bits per heavy atom. The molecule has 0 fully saturated rings. The van der Waals surface area contributed by atoms with Crippen LogP contribution in [0, 0.1) is 6.16 Å². The minimum Gasteiger partial charge on any atom is -0.150 e. The van der Waals surface area contributed by atoms with Crippen molar-refractivity contribution in [3.8, 4) is 0 Å². The van der Waals surface area contributed by atoms with Gasteiger partial charge in [-0.05, 0) is 19.7 Å². The first-order valence-electron chi connectivity index (χ1n) is 2.69. The molecule has 0 atom stereocenters. The number of hydrogen-bond acceptors (Lipinski definition) is 0. The van der Waals surface area contributed by atoms with Crippen LogP contribution in [0.5, 0.6) is 0 Å². The molecule has 0 radical (unpaired) electrons. The lowest BCUT2D eigenvalue weighted by molar-refractivity contribution is 1.71. The van der Waals surface area contributed by atoms with Gasteiger partial charge in [-0.1, -0.05) is 6.07 Å². The van der Waals surface area contributed by atoms with Crippen LogP contribution in [-0.4, -0.2) is 0 Å². The number of rotatable bonds is 1. The van der Waals surface area contributed by atoms with Gasteiger partial charge < -0.3 is 0 Å². The number of hydrogen-bond donors (Lipinski definition) is 0. The van der Waals surface area contributed by atoms with Crippen LogP contribution in [0.2, 0.25) is 0 Å². The summed E-state index contributed by atoms with van der Waals surface area (Å²) in [6.07, 6.45) is 2.23. The van der Waals surface area contributed by atoms with E-state index in [-0.39, 0.29) is 7.53 Å². The van der Waals surface area contributed by atoms with E-state index >= 15 is 0 Å². The second-order valence-corrected chi connectivity index (χ2v) is 3.59. The standard InChI is InChI=1S/C7H9P/c1-2-8-6-4-3-5-7-8/h2-7H,1H3. The molecule has 1 aromatic rings. The van der Waals surface area contributed by atoms with Crippen molar-refractivity contribution in [3.63, 3.8) is 0 Å². The first kappa shape index (κ1) is 5.78. The van der Waals surface area contributed by atoms with Crippen LogP contribution in [0.3, 0.4) is 0 Å². The molecular formula is C7H9P. The molecule has 0 saturated heterocycles. The highest BCUT2D eigenvalue weighted by atomic mass is 31.1. The maximum absolute atomic E-state index is 2.23. The molecule has 1 heterocycles. The van der Waals surface area contributed by atoms with E-state index < -0.39 is 0 Å². The SMILES string of the molecule is C[CH-][p+]1ccccc1. The van der Waals surface area contributed by atoms with E-state index in [9.17, 15) is 0 Å². The molecule has 0 bridgehead atoms. The molecule has 0 amide bonds. The van der Waals surface area contributed by atoms with E-state index in [2.05, 4.69) is 42.9 Å². The fourth-order valence-electron chi connectivity index (χ4n) is 0.584. The van der Waals surface area contributed by atoms with Crippen LogP contribution in [0.15, 0.2) is 29.8 Å². The Hall–Kier alpha value is -0.350. The zero-order valence-corrected chi connectivity index (χ0v) is 5.81. The molecule has 0 spiro atoms. The van der Waals surface area contributed by atoms with Crippen LogP contribution in [0.25, 0.3) is 0 Å². The van der Waals surface area contributed by atoms with Crippen molar-refractivity contribution >= 4 is 7.53 Å². The fraction of sp³-hybridized carbons (Fsp3) is 0.143. The minimum absolute atomic E-state index is 0.0131. The van der Waals surface area contributed by atoms with Gasteiger partial charge in [0.05, 0.1) is 11.6 Å². The van der Waals surface area contributed by atoms with Crippen molar-refractivity contribution in [3.05, 3.63) is 36.0 Å². The largest absolute Gasteiger partial charge is 0.150 e. The van der Waals surface area contributed by atoms with E-state index in [1.54, 1.807) is 0 Å². The van der Waals surface area contributed by atoms with Crippen LogP contribution < -0.4 is 0 Å². The average molecular weight is 124 g/mol. The van der Waals surface area contributed by atoms with Crippen LogP contribution in [-0.2, 0) is 0 Å². The molecule has 0 N–H and O–H groups in total. The second-order valence-electron chi connectivity index (χ2n) is 1.58. The van der Waals surface area contributed by atoms with E-state index in [0.29, 0.717) is 0 Å². The first-order valence-corrected chi connectivity index (χ1v) is 4.23. The minimum atomic E-state index is 0.0131. The van der Waals surface area contributed by atoms with Crippen molar-refractivity contribution in [2.45, 2.75) is 6.92 Å². The molecule has 42 valence electrons. The Kier molecular flexibility index (Phi) is 2.05. The van der Waals surface area contributed by atoms with Gasteiger partial charge in [-0.2, -0.15) is 6.92 Å². The third-order valence-corrected chi connectivity index (χ3v) is 2.67. The van der Waals surface area contributed by atoms with E-state index in [0.717, 1.165) is 0 Å². The first-order chi connectivity index (χ1) is 3.93. The monoisotopic (exact) mass is 124 g/mol. The van der Waals surface area contributed by atoms with Gasteiger partial charge in [0.15, 0.2) is 0 Å². The topological polar surface area (TPSA) is 0 Å². The van der Waals surface area contributed by atoms with Gasteiger partial charge in [0, 0.05) is 0 Å². The molecule has 1 heteroatoms. The van der Waals surface area contributed by atoms with Gasteiger partial charge in [0.2, 0.25) is 0 Å². The lowest BCUT2D eigenvalue weighted by atomic mass is 10.6. The van der Waals surface area contributed by atoms with Crippen LogP contribution in [0.4, 0.5) is 0 Å². The highest BCUT2D eigenvalue weighted by Crippen LogP contribution is 2.26. The highest BCUT2D eigenvalue weighted by Gasteiger charge is 1.83. The van der Waals surface area contributed by atoms with E-state index in [4.69, 9.17) is 0 Å². The molecule has 0 aliphatic carbocycles. The van der Waals surface area contributed by atoms with Crippen molar-refractivity contribution in [1.29, 1.82) is 0 Å². The zero-order valence-electron chi connectivity index (χ0n) is 4.91. The summed E-state index contributed by atoms with van der Waals surface area (Å²) in [5.74, 6) is 4.46. The van der Waals surface area contributed by atoms with E-state index in [1.807, 2.05) is 0 Å². The molecule has 0 saturated carbocycles. The summed E-state index contributed by atoms with van der Waals surface area (Å²) in [5.41, 5.74) is 0. The molecule has 0 nitrogen and oxygen atoms in total. The van der Waals surface area contributed by atoms with Gasteiger partial charge in [-0.25, -0.2) is 0 Å². The molecule has 0 unspecified atom stereocenters. The predicted molar refractivity (Wildman–Crippen MR) is 38.9 cm³/mol. The smallest absolute Gasteiger partial charge is 0.0812 e. The van der Waals surface area contributed by atoms with Gasteiger partial charge in [0.1, 0.15) is 0 Å². The highest BCUT2D eigenvalue weighted by molar-refractivity contribution is 7.50. The van der Waals surface area contributed by atoms with Gasteiger partial charge in [-0.15, -0.1) is 6.16 Å². The lowest BCUT2D eigenvalue weighted by Gasteiger charge is -1.87. The molecule has 0 aliphatic heterocycles. The average Bonchev–Trinajstić information content (AvgIpc) is 1.90. The molecule has 0 aliphatic rings. The molecule has 1 aromatic heterocycles. The summed E-state index contributed by atoms with van der Waals surface area (Å²) in [5, 5.41) is 0. The quantitative estimate of drug-likeness (QED) is 0.505. The summed E-state index contributed by atoms with van der Waals surface area (Å²) < 4.78 is 0. The fourth-order valence-corrected chi connectivity index (χ4v) is 1.62. The second kappa shape index (κ2) is 2.84. The normalized spacial score (nSPS) is 9.12. The van der Waals surface area contributed by atoms with Gasteiger partial charge >= 0.3 is 0 Å². The molecular weight excluding hydrogens is 115 g/mol. The Morgan fingerprint density at radius 3 is 2.12 bits per heavy atom. The third kappa shape index (κ3) is 1.31. The molecule has 1 rings (SSSR count). The van der Waals surface area contributed by atoms with Gasteiger partial charge in [0.25, 0.3) is 0 Å². The Bertz CT molecular complexity index is 146. The van der Waals surface area contributed by atoms with E-state index in [1.165, 1.54) is 0 Å². The summed E-state index contributed by atoms with van der Waals surface area (Å²) in [4.78, 5) is 0. The predicted octanol–water partition coefficient (Wildman–Crippen LogP) is 2.98. The summed E-state index contributed by atoms with van der Waals surface area (Å²) >= 11 is 0. The molecule has 8 heavy (non-hydrogen) atoms. The summed E-state index contributed by atoms with van der Waals surface area (Å²) in [6.45, 7) is 2.10. The maximum Gasteiger partial charge on any atom is 0.0812 e.